The van der Waals surface area contributed by atoms with Gasteiger partial charge in [0.05, 0.1) is 0 Å². The van der Waals surface area contributed by atoms with Crippen LogP contribution in [0.4, 0.5) is 0 Å². The summed E-state index contributed by atoms with van der Waals surface area (Å²) >= 11 is 0. The quantitative estimate of drug-likeness (QED) is 0.772. The number of hydrogen-bond acceptors (Lipinski definition) is 3. The molecule has 0 spiro atoms. The van der Waals surface area contributed by atoms with Crippen LogP contribution in [0.15, 0.2) is 39.5 Å². The normalized spacial score (nSPS) is 10.7. The Morgan fingerprint density at radius 2 is 2.07 bits per heavy atom. The fraction of sp³-hybridized carbons (Fsp3) is 0.250. The predicted molar refractivity (Wildman–Crippen MR) is 59.9 cm³/mol. The van der Waals surface area contributed by atoms with E-state index in [2.05, 4.69) is 0 Å². The van der Waals surface area contributed by atoms with E-state index in [0.29, 0.717) is 12.1 Å². The SMILES string of the molecule is NCCCc1cccc2ccc(=O)oc12. The molecule has 0 bridgehead atoms. The molecule has 2 N–H and O–H groups in total. The van der Waals surface area contributed by atoms with Crippen molar-refractivity contribution >= 4 is 11.0 Å². The molecule has 3 heteroatoms. The molecule has 2 rings (SSSR count). The highest BCUT2D eigenvalue weighted by Crippen LogP contribution is 2.17. The van der Waals surface area contributed by atoms with Crippen molar-refractivity contribution in [2.45, 2.75) is 12.8 Å². The first kappa shape index (κ1) is 9.93. The number of aryl methyl sites for hydroxylation is 1. The first-order chi connectivity index (χ1) is 7.31. The molecule has 2 aromatic rings. The van der Waals surface area contributed by atoms with Crippen molar-refractivity contribution < 1.29 is 4.42 Å². The van der Waals surface area contributed by atoms with Crippen molar-refractivity contribution in [1.29, 1.82) is 0 Å². The van der Waals surface area contributed by atoms with Crippen LogP contribution in [-0.2, 0) is 6.42 Å². The van der Waals surface area contributed by atoms with Crippen molar-refractivity contribution in [1.82, 2.24) is 0 Å². The summed E-state index contributed by atoms with van der Waals surface area (Å²) in [6, 6.07) is 9.10. The van der Waals surface area contributed by atoms with Gasteiger partial charge in [-0.3, -0.25) is 0 Å². The minimum Gasteiger partial charge on any atom is -0.422 e. The van der Waals surface area contributed by atoms with E-state index >= 15 is 0 Å². The second-order valence-corrected chi connectivity index (χ2v) is 3.48. The van der Waals surface area contributed by atoms with Crippen molar-refractivity contribution in [3.63, 3.8) is 0 Å². The van der Waals surface area contributed by atoms with E-state index in [1.54, 1.807) is 6.07 Å². The molecule has 1 aromatic carbocycles. The predicted octanol–water partition coefficient (Wildman–Crippen LogP) is 1.68. The van der Waals surface area contributed by atoms with E-state index in [1.165, 1.54) is 6.07 Å². The first-order valence-electron chi connectivity index (χ1n) is 5.03. The zero-order valence-corrected chi connectivity index (χ0v) is 8.40. The van der Waals surface area contributed by atoms with E-state index in [0.717, 1.165) is 23.8 Å². The largest absolute Gasteiger partial charge is 0.422 e. The molecule has 3 nitrogen and oxygen atoms in total. The van der Waals surface area contributed by atoms with Crippen LogP contribution < -0.4 is 11.4 Å². The highest BCUT2D eigenvalue weighted by atomic mass is 16.4. The summed E-state index contributed by atoms with van der Waals surface area (Å²) in [5, 5.41) is 0.962. The molecule has 0 aliphatic carbocycles. The van der Waals surface area contributed by atoms with Crippen LogP contribution >= 0.6 is 0 Å². The summed E-state index contributed by atoms with van der Waals surface area (Å²) in [6.45, 7) is 0.646. The van der Waals surface area contributed by atoms with Gasteiger partial charge in [-0.15, -0.1) is 0 Å². The van der Waals surface area contributed by atoms with Gasteiger partial charge >= 0.3 is 5.63 Å². The zero-order chi connectivity index (χ0) is 10.7. The summed E-state index contributed by atoms with van der Waals surface area (Å²) in [4.78, 5) is 11.1. The summed E-state index contributed by atoms with van der Waals surface area (Å²) < 4.78 is 5.19. The topological polar surface area (TPSA) is 56.2 Å². The molecule has 0 aliphatic rings. The molecule has 15 heavy (non-hydrogen) atoms. The third-order valence-electron chi connectivity index (χ3n) is 2.38. The Morgan fingerprint density at radius 1 is 1.20 bits per heavy atom. The van der Waals surface area contributed by atoms with Gasteiger partial charge in [0.1, 0.15) is 5.58 Å². The Hall–Kier alpha value is -1.61. The molecule has 0 aliphatic heterocycles. The number of rotatable bonds is 3. The van der Waals surface area contributed by atoms with Gasteiger partial charge in [-0.2, -0.15) is 0 Å². The molecule has 0 amide bonds. The van der Waals surface area contributed by atoms with Crippen LogP contribution in [0.3, 0.4) is 0 Å². The van der Waals surface area contributed by atoms with Crippen LogP contribution in [0, 0.1) is 0 Å². The van der Waals surface area contributed by atoms with Crippen LogP contribution in [-0.4, -0.2) is 6.54 Å². The summed E-state index contributed by atoms with van der Waals surface area (Å²) in [7, 11) is 0. The molecular formula is C12H13NO2. The van der Waals surface area contributed by atoms with Crippen molar-refractivity contribution in [3.8, 4) is 0 Å². The minimum absolute atomic E-state index is 0.303. The maximum absolute atomic E-state index is 11.1. The molecule has 78 valence electrons. The van der Waals surface area contributed by atoms with Gasteiger partial charge in [0.25, 0.3) is 0 Å². The lowest BCUT2D eigenvalue weighted by molar-refractivity contribution is 0.556. The second kappa shape index (κ2) is 4.28. The lowest BCUT2D eigenvalue weighted by Gasteiger charge is -2.03. The maximum Gasteiger partial charge on any atom is 0.336 e. The van der Waals surface area contributed by atoms with Crippen molar-refractivity contribution in [3.05, 3.63) is 46.3 Å². The number of para-hydroxylation sites is 1. The number of nitrogens with two attached hydrogens (primary N) is 1. The Labute approximate surface area is 87.5 Å². The highest BCUT2D eigenvalue weighted by Gasteiger charge is 2.03. The van der Waals surface area contributed by atoms with Gasteiger partial charge in [0, 0.05) is 11.5 Å². The minimum atomic E-state index is -0.303. The molecule has 1 heterocycles. The fourth-order valence-corrected chi connectivity index (χ4v) is 1.64. The van der Waals surface area contributed by atoms with E-state index in [1.807, 2.05) is 18.2 Å². The van der Waals surface area contributed by atoms with Gasteiger partial charge < -0.3 is 10.2 Å². The lowest BCUT2D eigenvalue weighted by atomic mass is 10.1. The summed E-state index contributed by atoms with van der Waals surface area (Å²) in [5.41, 5.74) is 6.90. The van der Waals surface area contributed by atoms with E-state index in [9.17, 15) is 4.79 Å². The molecule has 0 unspecified atom stereocenters. The Morgan fingerprint density at radius 3 is 2.87 bits per heavy atom. The van der Waals surface area contributed by atoms with Gasteiger partial charge in [0.2, 0.25) is 0 Å². The molecule has 0 fully saturated rings. The highest BCUT2D eigenvalue weighted by molar-refractivity contribution is 5.79. The summed E-state index contributed by atoms with van der Waals surface area (Å²) in [6.07, 6.45) is 1.75. The molecule has 0 saturated carbocycles. The summed E-state index contributed by atoms with van der Waals surface area (Å²) in [5.74, 6) is 0. The van der Waals surface area contributed by atoms with Gasteiger partial charge in [-0.1, -0.05) is 18.2 Å². The monoisotopic (exact) mass is 203 g/mol. The Bertz CT molecular complexity index is 516. The van der Waals surface area contributed by atoms with Crippen LogP contribution in [0.5, 0.6) is 0 Å². The smallest absolute Gasteiger partial charge is 0.336 e. The van der Waals surface area contributed by atoms with Crippen molar-refractivity contribution in [2.24, 2.45) is 5.73 Å². The molecule has 0 atom stereocenters. The average Bonchev–Trinajstić information content (AvgIpc) is 2.26. The van der Waals surface area contributed by atoms with Crippen LogP contribution in [0.1, 0.15) is 12.0 Å². The third kappa shape index (κ3) is 2.07. The Balaban J connectivity index is 2.53. The van der Waals surface area contributed by atoms with Crippen LogP contribution in [0.25, 0.3) is 11.0 Å². The zero-order valence-electron chi connectivity index (χ0n) is 8.40. The van der Waals surface area contributed by atoms with Gasteiger partial charge in [-0.05, 0) is 31.0 Å². The number of benzene rings is 1. The fourth-order valence-electron chi connectivity index (χ4n) is 1.64. The van der Waals surface area contributed by atoms with Crippen molar-refractivity contribution in [2.75, 3.05) is 6.54 Å². The lowest BCUT2D eigenvalue weighted by Crippen LogP contribution is -2.02. The van der Waals surface area contributed by atoms with Gasteiger partial charge in [-0.25, -0.2) is 4.79 Å². The maximum atomic E-state index is 11.1. The second-order valence-electron chi connectivity index (χ2n) is 3.48. The number of hydrogen-bond donors (Lipinski definition) is 1. The van der Waals surface area contributed by atoms with Crippen LogP contribution in [0.2, 0.25) is 0 Å². The molecule has 0 radical (unpaired) electrons. The molecule has 1 aromatic heterocycles. The van der Waals surface area contributed by atoms with E-state index in [-0.39, 0.29) is 5.63 Å². The molecular weight excluding hydrogens is 190 g/mol. The first-order valence-corrected chi connectivity index (χ1v) is 5.03. The number of fused-ring (bicyclic) bond motifs is 1. The van der Waals surface area contributed by atoms with Gasteiger partial charge in [0.15, 0.2) is 0 Å². The standard InChI is InChI=1S/C12H13NO2/c13-8-2-5-9-3-1-4-10-6-7-11(14)15-12(9)10/h1,3-4,6-7H,2,5,8,13H2. The third-order valence-corrected chi connectivity index (χ3v) is 2.38. The van der Waals surface area contributed by atoms with E-state index < -0.39 is 0 Å². The average molecular weight is 203 g/mol. The Kier molecular flexibility index (Phi) is 2.83. The molecule has 0 saturated heterocycles. The van der Waals surface area contributed by atoms with E-state index in [4.69, 9.17) is 10.2 Å².